The molecule has 0 unspecified atom stereocenters. The van der Waals surface area contributed by atoms with Crippen LogP contribution in [-0.2, 0) is 22.0 Å². The molecule has 2 heterocycles. The van der Waals surface area contributed by atoms with Crippen molar-refractivity contribution in [3.05, 3.63) is 58.2 Å². The molecule has 146 valence electrons. The van der Waals surface area contributed by atoms with Crippen molar-refractivity contribution in [2.75, 3.05) is 31.1 Å². The first-order valence-corrected chi connectivity index (χ1v) is 10.6. The second-order valence-corrected chi connectivity index (χ2v) is 9.06. The van der Waals surface area contributed by atoms with Gasteiger partial charge >= 0.3 is 6.18 Å². The molecule has 1 aromatic heterocycles. The van der Waals surface area contributed by atoms with E-state index < -0.39 is 27.5 Å². The van der Waals surface area contributed by atoms with Crippen LogP contribution in [0.4, 0.5) is 19.0 Å². The third kappa shape index (κ3) is 4.99. The Bertz CT molecular complexity index is 896. The molecule has 0 atom stereocenters. The Balaban J connectivity index is 1.66. The third-order valence-electron chi connectivity index (χ3n) is 4.27. The van der Waals surface area contributed by atoms with Crippen LogP contribution < -0.4 is 4.90 Å². The van der Waals surface area contributed by atoms with Gasteiger partial charge in [-0.05, 0) is 39.7 Å². The smallest absolute Gasteiger partial charge is 0.354 e. The second kappa shape index (κ2) is 7.76. The number of rotatable bonds is 4. The van der Waals surface area contributed by atoms with Crippen molar-refractivity contribution in [1.29, 1.82) is 0 Å². The van der Waals surface area contributed by atoms with E-state index in [4.69, 9.17) is 0 Å². The fourth-order valence-corrected chi connectivity index (χ4v) is 4.63. The average Bonchev–Trinajstić information content (AvgIpc) is 2.62. The molecule has 10 heteroatoms. The standard InChI is InChI=1S/C17H17BrF3N3O2S/c18-15-4-5-16(22-11-15)23-6-8-24(9-7-23)27(25,26)12-13-2-1-3-14(10-13)17(19,20)21/h1-5,10-11H,6-9,12H2. The molecule has 0 spiro atoms. The van der Waals surface area contributed by atoms with Gasteiger partial charge in [-0.1, -0.05) is 18.2 Å². The Morgan fingerprint density at radius 3 is 2.37 bits per heavy atom. The van der Waals surface area contributed by atoms with Gasteiger partial charge in [0, 0.05) is 36.8 Å². The van der Waals surface area contributed by atoms with Crippen LogP contribution in [0.5, 0.6) is 0 Å². The zero-order chi connectivity index (χ0) is 19.7. The van der Waals surface area contributed by atoms with Crippen molar-refractivity contribution in [2.24, 2.45) is 0 Å². The van der Waals surface area contributed by atoms with Crippen molar-refractivity contribution < 1.29 is 21.6 Å². The molecular formula is C17H17BrF3N3O2S. The summed E-state index contributed by atoms with van der Waals surface area (Å²) in [6.45, 7) is 1.46. The number of benzene rings is 1. The predicted octanol–water partition coefficient (Wildman–Crippen LogP) is 3.51. The summed E-state index contributed by atoms with van der Waals surface area (Å²) in [4.78, 5) is 6.27. The highest BCUT2D eigenvalue weighted by Crippen LogP contribution is 2.30. The van der Waals surface area contributed by atoms with Gasteiger partial charge in [-0.2, -0.15) is 17.5 Å². The number of piperazine rings is 1. The number of sulfonamides is 1. The van der Waals surface area contributed by atoms with E-state index in [1.165, 1.54) is 16.4 Å². The Morgan fingerprint density at radius 1 is 1.07 bits per heavy atom. The monoisotopic (exact) mass is 463 g/mol. The lowest BCUT2D eigenvalue weighted by molar-refractivity contribution is -0.137. The van der Waals surface area contributed by atoms with E-state index >= 15 is 0 Å². The largest absolute Gasteiger partial charge is 0.416 e. The average molecular weight is 464 g/mol. The number of anilines is 1. The van der Waals surface area contributed by atoms with Crippen LogP contribution in [0, 0.1) is 0 Å². The van der Waals surface area contributed by atoms with Gasteiger partial charge in [0.1, 0.15) is 5.82 Å². The molecule has 0 saturated carbocycles. The molecule has 27 heavy (non-hydrogen) atoms. The lowest BCUT2D eigenvalue weighted by atomic mass is 10.1. The highest BCUT2D eigenvalue weighted by molar-refractivity contribution is 9.10. The van der Waals surface area contributed by atoms with Crippen LogP contribution in [0.15, 0.2) is 47.1 Å². The summed E-state index contributed by atoms with van der Waals surface area (Å²) in [6, 6.07) is 8.15. The summed E-state index contributed by atoms with van der Waals surface area (Å²) in [6.07, 6.45) is -2.82. The first-order chi connectivity index (χ1) is 12.6. The van der Waals surface area contributed by atoms with Gasteiger partial charge in [0.2, 0.25) is 10.0 Å². The lowest BCUT2D eigenvalue weighted by Gasteiger charge is -2.34. The molecule has 0 N–H and O–H groups in total. The molecule has 1 aliphatic heterocycles. The number of hydrogen-bond acceptors (Lipinski definition) is 4. The van der Waals surface area contributed by atoms with Gasteiger partial charge < -0.3 is 4.90 Å². The first-order valence-electron chi connectivity index (χ1n) is 8.16. The van der Waals surface area contributed by atoms with E-state index in [1.54, 1.807) is 6.20 Å². The quantitative estimate of drug-likeness (QED) is 0.695. The minimum atomic E-state index is -4.50. The zero-order valence-corrected chi connectivity index (χ0v) is 16.6. The maximum atomic E-state index is 12.8. The van der Waals surface area contributed by atoms with E-state index in [2.05, 4.69) is 20.9 Å². The van der Waals surface area contributed by atoms with E-state index in [9.17, 15) is 21.6 Å². The maximum absolute atomic E-state index is 12.8. The maximum Gasteiger partial charge on any atom is 0.416 e. The van der Waals surface area contributed by atoms with Gasteiger partial charge in [-0.25, -0.2) is 13.4 Å². The van der Waals surface area contributed by atoms with Crippen molar-refractivity contribution in [3.63, 3.8) is 0 Å². The highest BCUT2D eigenvalue weighted by Gasteiger charge is 2.32. The first kappa shape index (κ1) is 20.1. The van der Waals surface area contributed by atoms with Crippen LogP contribution in [0.1, 0.15) is 11.1 Å². The summed E-state index contributed by atoms with van der Waals surface area (Å²) < 4.78 is 65.8. The molecule has 2 aromatic rings. The van der Waals surface area contributed by atoms with Crippen molar-refractivity contribution in [2.45, 2.75) is 11.9 Å². The Kier molecular flexibility index (Phi) is 5.78. The fraction of sp³-hybridized carbons (Fsp3) is 0.353. The van der Waals surface area contributed by atoms with Gasteiger partial charge in [0.25, 0.3) is 0 Å². The molecule has 3 rings (SSSR count). The second-order valence-electron chi connectivity index (χ2n) is 6.18. The van der Waals surface area contributed by atoms with E-state index in [-0.39, 0.29) is 18.7 Å². The lowest BCUT2D eigenvalue weighted by Crippen LogP contribution is -2.49. The van der Waals surface area contributed by atoms with Crippen LogP contribution in [-0.4, -0.2) is 43.9 Å². The van der Waals surface area contributed by atoms with Crippen molar-refractivity contribution in [1.82, 2.24) is 9.29 Å². The molecule has 0 aliphatic carbocycles. The summed E-state index contributed by atoms with van der Waals surface area (Å²) in [5.74, 6) is 0.307. The molecule has 0 amide bonds. The molecule has 0 bridgehead atoms. The van der Waals surface area contributed by atoms with Crippen LogP contribution in [0.25, 0.3) is 0 Å². The fourth-order valence-electron chi connectivity index (χ4n) is 2.89. The van der Waals surface area contributed by atoms with Gasteiger partial charge in [0.05, 0.1) is 11.3 Å². The van der Waals surface area contributed by atoms with Crippen molar-refractivity contribution >= 4 is 31.8 Å². The summed E-state index contributed by atoms with van der Waals surface area (Å²) in [5.41, 5.74) is -0.719. The molecular weight excluding hydrogens is 447 g/mol. The number of nitrogens with zero attached hydrogens (tertiary/aromatic N) is 3. The van der Waals surface area contributed by atoms with Gasteiger partial charge in [-0.3, -0.25) is 0 Å². The molecule has 5 nitrogen and oxygen atoms in total. The number of hydrogen-bond donors (Lipinski definition) is 0. The SMILES string of the molecule is O=S(=O)(Cc1cccc(C(F)(F)F)c1)N1CCN(c2ccc(Br)cn2)CC1. The van der Waals surface area contributed by atoms with Gasteiger partial charge in [0.15, 0.2) is 0 Å². The number of pyridine rings is 1. The molecule has 1 fully saturated rings. The normalized spacial score (nSPS) is 16.5. The summed E-state index contributed by atoms with van der Waals surface area (Å²) >= 11 is 3.31. The third-order valence-corrected chi connectivity index (χ3v) is 6.59. The zero-order valence-electron chi connectivity index (χ0n) is 14.2. The van der Waals surface area contributed by atoms with Gasteiger partial charge in [-0.15, -0.1) is 0 Å². The summed E-state index contributed by atoms with van der Waals surface area (Å²) in [7, 11) is -3.70. The number of aromatic nitrogens is 1. The van der Waals surface area contributed by atoms with E-state index in [1.807, 2.05) is 17.0 Å². The molecule has 0 radical (unpaired) electrons. The molecule has 1 aromatic carbocycles. The minimum absolute atomic E-state index is 0.127. The number of alkyl halides is 3. The van der Waals surface area contributed by atoms with Crippen molar-refractivity contribution in [3.8, 4) is 0 Å². The predicted molar refractivity (Wildman–Crippen MR) is 99.8 cm³/mol. The Labute approximate surface area is 164 Å². The topological polar surface area (TPSA) is 53.5 Å². The minimum Gasteiger partial charge on any atom is -0.354 e. The highest BCUT2D eigenvalue weighted by atomic mass is 79.9. The van der Waals surface area contributed by atoms with E-state index in [0.29, 0.717) is 13.1 Å². The summed E-state index contributed by atoms with van der Waals surface area (Å²) in [5, 5.41) is 0. The van der Waals surface area contributed by atoms with Crippen LogP contribution in [0.2, 0.25) is 0 Å². The molecule has 1 saturated heterocycles. The number of halogens is 4. The Hall–Kier alpha value is -1.65. The van der Waals surface area contributed by atoms with E-state index in [0.717, 1.165) is 22.4 Å². The van der Waals surface area contributed by atoms with Crippen LogP contribution in [0.3, 0.4) is 0 Å². The molecule has 1 aliphatic rings. The Morgan fingerprint density at radius 2 is 1.78 bits per heavy atom. The van der Waals surface area contributed by atoms with Crippen LogP contribution >= 0.6 is 15.9 Å².